The van der Waals surface area contributed by atoms with Crippen LogP contribution in [0, 0.1) is 0 Å². The lowest BCUT2D eigenvalue weighted by Gasteiger charge is -2.11. The topological polar surface area (TPSA) is 84.6 Å². The van der Waals surface area contributed by atoms with Crippen molar-refractivity contribution < 1.29 is 9.59 Å². The van der Waals surface area contributed by atoms with Crippen LogP contribution < -0.4 is 11.1 Å². The predicted molar refractivity (Wildman–Crippen MR) is 43.5 cm³/mol. The van der Waals surface area contributed by atoms with Gasteiger partial charge in [0, 0.05) is 12.5 Å². The fraction of sp³-hybridized carbons (Fsp3) is 0.286. The molecule has 1 heterocycles. The highest BCUT2D eigenvalue weighted by molar-refractivity contribution is 6.09. The van der Waals surface area contributed by atoms with Gasteiger partial charge < -0.3 is 11.1 Å². The number of rotatable bonds is 0. The summed E-state index contributed by atoms with van der Waals surface area (Å²) in [6.07, 6.45) is 1.93. The zero-order valence-corrected chi connectivity index (χ0v) is 6.63. The van der Waals surface area contributed by atoms with Gasteiger partial charge in [-0.05, 0) is 6.92 Å². The van der Waals surface area contributed by atoms with Crippen LogP contribution in [0.1, 0.15) is 13.3 Å². The number of nitrogens with zero attached hydrogens (tertiary/aromatic N) is 1. The van der Waals surface area contributed by atoms with Crippen LogP contribution in [0.4, 0.5) is 4.79 Å². The van der Waals surface area contributed by atoms with Gasteiger partial charge in [0.15, 0.2) is 0 Å². The second-order valence-corrected chi connectivity index (χ2v) is 2.55. The first-order chi connectivity index (χ1) is 5.58. The van der Waals surface area contributed by atoms with E-state index < -0.39 is 6.03 Å². The highest BCUT2D eigenvalue weighted by Gasteiger charge is 2.12. The van der Waals surface area contributed by atoms with Gasteiger partial charge in [0.2, 0.25) is 5.91 Å². The van der Waals surface area contributed by atoms with E-state index >= 15 is 0 Å². The third kappa shape index (κ3) is 2.19. The molecule has 5 heteroatoms. The van der Waals surface area contributed by atoms with Crippen LogP contribution in [0.3, 0.4) is 0 Å². The Bertz CT molecular complexity index is 291. The maximum atomic E-state index is 10.8. The average Bonchev–Trinajstić information content (AvgIpc) is 1.81. The fourth-order valence-electron chi connectivity index (χ4n) is 0.962. The predicted octanol–water partition coefficient (Wildman–Crippen LogP) is -0.0702. The molecule has 0 bridgehead atoms. The molecule has 0 aromatic carbocycles. The Morgan fingerprint density at radius 2 is 2.42 bits per heavy atom. The van der Waals surface area contributed by atoms with E-state index in [4.69, 9.17) is 5.73 Å². The molecule has 0 aromatic heterocycles. The van der Waals surface area contributed by atoms with Gasteiger partial charge in [-0.3, -0.25) is 4.79 Å². The van der Waals surface area contributed by atoms with Gasteiger partial charge in [-0.25, -0.2) is 4.79 Å². The monoisotopic (exact) mass is 167 g/mol. The Balaban J connectivity index is 2.80. The van der Waals surface area contributed by atoms with Crippen molar-refractivity contribution in [2.24, 2.45) is 10.7 Å². The highest BCUT2D eigenvalue weighted by Crippen LogP contribution is 2.05. The fourth-order valence-corrected chi connectivity index (χ4v) is 0.962. The van der Waals surface area contributed by atoms with E-state index in [1.165, 1.54) is 6.08 Å². The number of aliphatic imine (C=N–C) groups is 1. The Morgan fingerprint density at radius 3 is 2.92 bits per heavy atom. The minimum Gasteiger partial charge on any atom is -0.350 e. The number of amidine groups is 1. The van der Waals surface area contributed by atoms with E-state index in [1.54, 1.807) is 6.92 Å². The van der Waals surface area contributed by atoms with Crippen molar-refractivity contribution in [1.82, 2.24) is 5.32 Å². The zero-order valence-electron chi connectivity index (χ0n) is 6.63. The summed E-state index contributed by atoms with van der Waals surface area (Å²) in [5.41, 5.74) is 5.68. The number of urea groups is 1. The van der Waals surface area contributed by atoms with E-state index in [0.29, 0.717) is 12.3 Å². The second kappa shape index (κ2) is 3.17. The van der Waals surface area contributed by atoms with Crippen LogP contribution in [0.15, 0.2) is 16.6 Å². The van der Waals surface area contributed by atoms with Crippen LogP contribution in [-0.2, 0) is 4.79 Å². The first kappa shape index (κ1) is 8.45. The number of hydrogen-bond acceptors (Lipinski definition) is 2. The number of carbonyl (C=O) groups is 2. The lowest BCUT2D eigenvalue weighted by atomic mass is 10.1. The van der Waals surface area contributed by atoms with Crippen molar-refractivity contribution in [2.45, 2.75) is 13.3 Å². The summed E-state index contributed by atoms with van der Waals surface area (Å²) in [7, 11) is 0. The maximum absolute atomic E-state index is 10.8. The van der Waals surface area contributed by atoms with Crippen LogP contribution in [0.25, 0.3) is 0 Å². The molecule has 1 aliphatic rings. The molecule has 3 amide bonds. The second-order valence-electron chi connectivity index (χ2n) is 2.55. The first-order valence-corrected chi connectivity index (χ1v) is 3.43. The van der Waals surface area contributed by atoms with E-state index in [2.05, 4.69) is 10.3 Å². The molecular weight excluding hydrogens is 158 g/mol. The quantitative estimate of drug-likeness (QED) is 0.529. The molecule has 0 saturated heterocycles. The molecule has 0 radical (unpaired) electrons. The molecule has 0 spiro atoms. The standard InChI is InChI=1S/C7H9N3O2/c1-4-2-5(10-7(8)12)9-6(11)3-4/h3H,2H2,1H3,(H3,8,9,10,11,12). The van der Waals surface area contributed by atoms with Crippen LogP contribution in [0.5, 0.6) is 0 Å². The van der Waals surface area contributed by atoms with Crippen molar-refractivity contribution in [1.29, 1.82) is 0 Å². The molecule has 0 unspecified atom stereocenters. The summed E-state index contributed by atoms with van der Waals surface area (Å²) in [5, 5.41) is 2.41. The molecule has 5 nitrogen and oxygen atoms in total. The van der Waals surface area contributed by atoms with Gasteiger partial charge in [-0.1, -0.05) is 5.57 Å². The molecule has 1 rings (SSSR count). The van der Waals surface area contributed by atoms with Crippen LogP contribution in [0.2, 0.25) is 0 Å². The number of primary amides is 1. The smallest absolute Gasteiger partial charge is 0.340 e. The van der Waals surface area contributed by atoms with Crippen molar-refractivity contribution in [3.63, 3.8) is 0 Å². The van der Waals surface area contributed by atoms with Crippen LogP contribution >= 0.6 is 0 Å². The Labute approximate surface area is 69.3 Å². The van der Waals surface area contributed by atoms with Crippen molar-refractivity contribution >= 4 is 17.8 Å². The number of nitrogens with one attached hydrogen (secondary N) is 1. The first-order valence-electron chi connectivity index (χ1n) is 3.43. The van der Waals surface area contributed by atoms with Gasteiger partial charge in [-0.2, -0.15) is 4.99 Å². The molecule has 64 valence electrons. The maximum Gasteiger partial charge on any atom is 0.340 e. The summed E-state index contributed by atoms with van der Waals surface area (Å²) in [6, 6.07) is -0.792. The van der Waals surface area contributed by atoms with Gasteiger partial charge in [0.1, 0.15) is 5.84 Å². The normalized spacial score (nSPS) is 20.2. The van der Waals surface area contributed by atoms with E-state index in [9.17, 15) is 9.59 Å². The largest absolute Gasteiger partial charge is 0.350 e. The Hall–Kier alpha value is -1.65. The number of hydrogen-bond donors (Lipinski definition) is 2. The summed E-state index contributed by atoms with van der Waals surface area (Å²) in [6.45, 7) is 1.79. The number of nitrogens with two attached hydrogens (primary N) is 1. The Morgan fingerprint density at radius 1 is 1.75 bits per heavy atom. The number of amides is 3. The van der Waals surface area contributed by atoms with Gasteiger partial charge >= 0.3 is 6.03 Å². The van der Waals surface area contributed by atoms with Crippen LogP contribution in [-0.4, -0.2) is 17.8 Å². The zero-order chi connectivity index (χ0) is 9.14. The van der Waals surface area contributed by atoms with E-state index in [1.807, 2.05) is 0 Å². The van der Waals surface area contributed by atoms with Crippen molar-refractivity contribution in [3.05, 3.63) is 11.6 Å². The highest BCUT2D eigenvalue weighted by atomic mass is 16.2. The van der Waals surface area contributed by atoms with Crippen molar-refractivity contribution in [2.75, 3.05) is 0 Å². The van der Waals surface area contributed by atoms with Gasteiger partial charge in [0.25, 0.3) is 0 Å². The summed E-state index contributed by atoms with van der Waals surface area (Å²) >= 11 is 0. The molecule has 0 aromatic rings. The molecule has 0 saturated carbocycles. The molecule has 0 fully saturated rings. The molecule has 12 heavy (non-hydrogen) atoms. The van der Waals surface area contributed by atoms with Gasteiger partial charge in [0.05, 0.1) is 0 Å². The average molecular weight is 167 g/mol. The third-order valence-electron chi connectivity index (χ3n) is 1.34. The minimum absolute atomic E-state index is 0.265. The lowest BCUT2D eigenvalue weighted by molar-refractivity contribution is -0.115. The minimum atomic E-state index is -0.792. The molecule has 3 N–H and O–H groups in total. The SMILES string of the molecule is CC1=CC(=O)NC(=NC(N)=O)C1. The third-order valence-corrected chi connectivity index (χ3v) is 1.34. The Kier molecular flexibility index (Phi) is 2.23. The lowest BCUT2D eigenvalue weighted by Crippen LogP contribution is -2.34. The molecule has 1 aliphatic heterocycles. The molecule has 0 atom stereocenters. The van der Waals surface area contributed by atoms with Crippen molar-refractivity contribution in [3.8, 4) is 0 Å². The number of carbonyl (C=O) groups excluding carboxylic acids is 2. The van der Waals surface area contributed by atoms with Gasteiger partial charge in [-0.15, -0.1) is 0 Å². The molecule has 0 aliphatic carbocycles. The van der Waals surface area contributed by atoms with E-state index in [-0.39, 0.29) is 5.91 Å². The molecular formula is C7H9N3O2. The summed E-state index contributed by atoms with van der Waals surface area (Å²) in [4.78, 5) is 24.6. The summed E-state index contributed by atoms with van der Waals surface area (Å²) in [5.74, 6) is 0.0475. The van der Waals surface area contributed by atoms with E-state index in [0.717, 1.165) is 5.57 Å². The summed E-state index contributed by atoms with van der Waals surface area (Å²) < 4.78 is 0.